The molecule has 0 saturated heterocycles. The molecule has 0 radical (unpaired) electrons. The Morgan fingerprint density at radius 3 is 2.71 bits per heavy atom. The van der Waals surface area contributed by atoms with E-state index in [0.717, 1.165) is 0 Å². The molecular weight excluding hydrogens is 306 g/mol. The van der Waals surface area contributed by atoms with Gasteiger partial charge in [0, 0.05) is 18.7 Å². The van der Waals surface area contributed by atoms with E-state index >= 15 is 0 Å². The number of carbonyl (C=O) groups is 2. The minimum atomic E-state index is -0.156. The van der Waals surface area contributed by atoms with Gasteiger partial charge < -0.3 is 20.3 Å². The zero-order valence-electron chi connectivity index (χ0n) is 14.6. The minimum Gasteiger partial charge on any atom is -0.495 e. The fourth-order valence-corrected chi connectivity index (χ4v) is 2.66. The number of urea groups is 1. The Morgan fingerprint density at radius 1 is 1.33 bits per heavy atom. The Hall–Kier alpha value is -2.50. The third-order valence-corrected chi connectivity index (χ3v) is 3.99. The smallest absolute Gasteiger partial charge is 0.322 e. The van der Waals surface area contributed by atoms with Gasteiger partial charge in [-0.25, -0.2) is 4.79 Å². The van der Waals surface area contributed by atoms with Crippen molar-refractivity contribution in [3.8, 4) is 5.75 Å². The molecule has 0 spiro atoms. The molecule has 6 nitrogen and oxygen atoms in total. The van der Waals surface area contributed by atoms with Crippen molar-refractivity contribution in [2.45, 2.75) is 33.2 Å². The lowest BCUT2D eigenvalue weighted by Crippen LogP contribution is -2.41. The molecule has 1 aliphatic heterocycles. The lowest BCUT2D eigenvalue weighted by Gasteiger charge is -2.27. The highest BCUT2D eigenvalue weighted by Crippen LogP contribution is 2.28. The number of hydrogen-bond donors (Lipinski definition) is 2. The highest BCUT2D eigenvalue weighted by atomic mass is 16.5. The molecule has 0 unspecified atom stereocenters. The van der Waals surface area contributed by atoms with Crippen LogP contribution < -0.4 is 15.4 Å². The number of nitrogens with one attached hydrogen (secondary N) is 2. The Kier molecular flexibility index (Phi) is 5.84. The maximum Gasteiger partial charge on any atom is 0.322 e. The van der Waals surface area contributed by atoms with E-state index in [9.17, 15) is 9.59 Å². The fourth-order valence-electron chi connectivity index (χ4n) is 2.66. The van der Waals surface area contributed by atoms with Gasteiger partial charge in [0.25, 0.3) is 0 Å². The molecule has 6 heteroatoms. The van der Waals surface area contributed by atoms with Gasteiger partial charge in [0.05, 0.1) is 18.8 Å². The van der Waals surface area contributed by atoms with E-state index in [1.54, 1.807) is 37.1 Å². The van der Waals surface area contributed by atoms with Crippen LogP contribution >= 0.6 is 0 Å². The Balaban J connectivity index is 2.13. The summed E-state index contributed by atoms with van der Waals surface area (Å²) in [4.78, 5) is 26.0. The maximum absolute atomic E-state index is 12.5. The molecule has 1 heterocycles. The van der Waals surface area contributed by atoms with E-state index in [0.29, 0.717) is 36.0 Å². The first-order chi connectivity index (χ1) is 11.5. The topological polar surface area (TPSA) is 70.7 Å². The molecule has 0 saturated carbocycles. The predicted octanol–water partition coefficient (Wildman–Crippen LogP) is 3.47. The summed E-state index contributed by atoms with van der Waals surface area (Å²) in [5.41, 5.74) is 1.16. The molecule has 1 atom stereocenters. The molecule has 0 aliphatic carbocycles. The standard InChI is InChI=1S/C18H25N3O3/c1-5-17(22)20-14-11-13(8-9-16(14)24-4)19-18(23)21-10-6-7-15(21)12(2)3/h6-9,11-12,15H,5,10H2,1-4H3,(H,19,23)(H,20,22)/t15-/m1/s1. The van der Waals surface area contributed by atoms with Crippen LogP contribution in [0.3, 0.4) is 0 Å². The number of nitrogens with zero attached hydrogens (tertiary/aromatic N) is 1. The predicted molar refractivity (Wildman–Crippen MR) is 95.4 cm³/mol. The van der Waals surface area contributed by atoms with Crippen molar-refractivity contribution in [1.29, 1.82) is 0 Å². The van der Waals surface area contributed by atoms with Gasteiger partial charge in [-0.3, -0.25) is 4.79 Å². The molecule has 3 amide bonds. The van der Waals surface area contributed by atoms with Gasteiger partial charge in [0.2, 0.25) is 5.91 Å². The highest BCUT2D eigenvalue weighted by molar-refractivity contribution is 5.95. The molecule has 2 rings (SSSR count). The number of benzene rings is 1. The van der Waals surface area contributed by atoms with E-state index in [1.807, 2.05) is 6.08 Å². The van der Waals surface area contributed by atoms with Crippen molar-refractivity contribution in [1.82, 2.24) is 4.90 Å². The molecule has 130 valence electrons. The summed E-state index contributed by atoms with van der Waals surface area (Å²) >= 11 is 0. The zero-order valence-corrected chi connectivity index (χ0v) is 14.6. The van der Waals surface area contributed by atoms with Crippen LogP contribution in [-0.4, -0.2) is 36.5 Å². The first-order valence-corrected chi connectivity index (χ1v) is 8.18. The molecule has 2 N–H and O–H groups in total. The van der Waals surface area contributed by atoms with E-state index in [2.05, 4.69) is 30.6 Å². The molecule has 1 aromatic carbocycles. The van der Waals surface area contributed by atoms with Crippen LogP contribution in [0.4, 0.5) is 16.2 Å². The van der Waals surface area contributed by atoms with Crippen LogP contribution in [0.1, 0.15) is 27.2 Å². The number of ether oxygens (including phenoxy) is 1. The third-order valence-electron chi connectivity index (χ3n) is 3.99. The maximum atomic E-state index is 12.5. The number of methoxy groups -OCH3 is 1. The molecule has 0 fully saturated rings. The highest BCUT2D eigenvalue weighted by Gasteiger charge is 2.27. The molecular formula is C18H25N3O3. The second-order valence-electron chi connectivity index (χ2n) is 6.06. The largest absolute Gasteiger partial charge is 0.495 e. The number of rotatable bonds is 5. The number of carbonyl (C=O) groups excluding carboxylic acids is 2. The van der Waals surface area contributed by atoms with Gasteiger partial charge >= 0.3 is 6.03 Å². The van der Waals surface area contributed by atoms with Crippen molar-refractivity contribution in [3.05, 3.63) is 30.4 Å². The van der Waals surface area contributed by atoms with Gasteiger partial charge in [-0.05, 0) is 24.1 Å². The summed E-state index contributed by atoms with van der Waals surface area (Å²) in [5.74, 6) is 0.794. The monoisotopic (exact) mass is 331 g/mol. The van der Waals surface area contributed by atoms with Gasteiger partial charge in [-0.1, -0.05) is 32.9 Å². The lowest BCUT2D eigenvalue weighted by atomic mass is 10.1. The first kappa shape index (κ1) is 17.8. The van der Waals surface area contributed by atoms with E-state index in [1.165, 1.54) is 0 Å². The number of amides is 3. The van der Waals surface area contributed by atoms with E-state index in [-0.39, 0.29) is 18.0 Å². The summed E-state index contributed by atoms with van der Waals surface area (Å²) < 4.78 is 5.25. The van der Waals surface area contributed by atoms with Gasteiger partial charge in [0.15, 0.2) is 0 Å². The Bertz CT molecular complexity index is 640. The molecule has 1 aliphatic rings. The molecule has 24 heavy (non-hydrogen) atoms. The average molecular weight is 331 g/mol. The Morgan fingerprint density at radius 2 is 2.08 bits per heavy atom. The first-order valence-electron chi connectivity index (χ1n) is 8.18. The van der Waals surface area contributed by atoms with Crippen LogP contribution in [-0.2, 0) is 4.79 Å². The van der Waals surface area contributed by atoms with Gasteiger partial charge in [-0.15, -0.1) is 0 Å². The average Bonchev–Trinajstić information content (AvgIpc) is 3.05. The van der Waals surface area contributed by atoms with Crippen molar-refractivity contribution in [3.63, 3.8) is 0 Å². The van der Waals surface area contributed by atoms with Crippen LogP contribution in [0.25, 0.3) is 0 Å². The van der Waals surface area contributed by atoms with Crippen molar-refractivity contribution in [2.24, 2.45) is 5.92 Å². The van der Waals surface area contributed by atoms with Gasteiger partial charge in [0.1, 0.15) is 5.75 Å². The van der Waals surface area contributed by atoms with Crippen LogP contribution in [0.2, 0.25) is 0 Å². The summed E-state index contributed by atoms with van der Waals surface area (Å²) in [6.45, 7) is 6.56. The van der Waals surface area contributed by atoms with Crippen LogP contribution in [0.15, 0.2) is 30.4 Å². The number of anilines is 2. The minimum absolute atomic E-state index is 0.0995. The normalized spacial score (nSPS) is 16.4. The Labute approximate surface area is 142 Å². The molecule has 0 aromatic heterocycles. The summed E-state index contributed by atoms with van der Waals surface area (Å²) in [7, 11) is 1.54. The van der Waals surface area contributed by atoms with E-state index < -0.39 is 0 Å². The fraction of sp³-hybridized carbons (Fsp3) is 0.444. The third kappa shape index (κ3) is 4.07. The van der Waals surface area contributed by atoms with Gasteiger partial charge in [-0.2, -0.15) is 0 Å². The van der Waals surface area contributed by atoms with Crippen molar-refractivity contribution in [2.75, 3.05) is 24.3 Å². The summed E-state index contributed by atoms with van der Waals surface area (Å²) in [6, 6.07) is 5.13. The SMILES string of the molecule is CCC(=O)Nc1cc(NC(=O)N2CC=C[C@@H]2C(C)C)ccc1OC. The van der Waals surface area contributed by atoms with Crippen LogP contribution in [0.5, 0.6) is 5.75 Å². The van der Waals surface area contributed by atoms with Crippen molar-refractivity contribution >= 4 is 23.3 Å². The van der Waals surface area contributed by atoms with E-state index in [4.69, 9.17) is 4.74 Å². The molecule has 1 aromatic rings. The lowest BCUT2D eigenvalue weighted by molar-refractivity contribution is -0.115. The van der Waals surface area contributed by atoms with Crippen molar-refractivity contribution < 1.29 is 14.3 Å². The van der Waals surface area contributed by atoms with Crippen LogP contribution in [0, 0.1) is 5.92 Å². The summed E-state index contributed by atoms with van der Waals surface area (Å²) in [5, 5.41) is 5.67. The second-order valence-corrected chi connectivity index (χ2v) is 6.06. The summed E-state index contributed by atoms with van der Waals surface area (Å²) in [6.07, 6.45) is 4.44. The zero-order chi connectivity index (χ0) is 17.7. The number of hydrogen-bond acceptors (Lipinski definition) is 3. The quantitative estimate of drug-likeness (QED) is 0.812. The molecule has 0 bridgehead atoms. The second kappa shape index (κ2) is 7.86.